The topological polar surface area (TPSA) is 59.1 Å². The number of rotatable bonds is 6. The van der Waals surface area contributed by atoms with Gasteiger partial charge in [0, 0.05) is 24.6 Å². The molecule has 0 spiro atoms. The standard InChI is InChI=1S/C14H14F2N2O2S/c15-14(16)21(19,20)13-3-1-12(2-4-13)18-10-7-11-5-8-17-9-6-11/h1-6,8-9,14,18H,7,10H2. The maximum atomic E-state index is 12.4. The summed E-state index contributed by atoms with van der Waals surface area (Å²) in [5, 5.41) is 3.10. The van der Waals surface area contributed by atoms with Crippen molar-refractivity contribution in [1.29, 1.82) is 0 Å². The summed E-state index contributed by atoms with van der Waals surface area (Å²) in [6.45, 7) is 0.644. The Labute approximate surface area is 121 Å². The molecule has 112 valence electrons. The highest BCUT2D eigenvalue weighted by atomic mass is 32.2. The third kappa shape index (κ3) is 3.98. The average molecular weight is 312 g/mol. The summed E-state index contributed by atoms with van der Waals surface area (Å²) in [6.07, 6.45) is 4.19. The van der Waals surface area contributed by atoms with Gasteiger partial charge in [-0.1, -0.05) is 0 Å². The van der Waals surface area contributed by atoms with Crippen LogP contribution in [0.5, 0.6) is 0 Å². The highest BCUT2D eigenvalue weighted by Gasteiger charge is 2.26. The summed E-state index contributed by atoms with van der Waals surface area (Å²) in [6, 6.07) is 9.11. The first-order valence-electron chi connectivity index (χ1n) is 6.25. The third-order valence-corrected chi connectivity index (χ3v) is 4.31. The number of hydrogen-bond acceptors (Lipinski definition) is 4. The van der Waals surface area contributed by atoms with Gasteiger partial charge in [-0.3, -0.25) is 4.98 Å². The van der Waals surface area contributed by atoms with Crippen molar-refractivity contribution in [1.82, 2.24) is 4.98 Å². The van der Waals surface area contributed by atoms with Gasteiger partial charge in [0.2, 0.25) is 9.84 Å². The predicted molar refractivity (Wildman–Crippen MR) is 76.1 cm³/mol. The molecule has 0 atom stereocenters. The first-order chi connectivity index (χ1) is 10.00. The van der Waals surface area contributed by atoms with Crippen molar-refractivity contribution in [2.45, 2.75) is 17.1 Å². The van der Waals surface area contributed by atoms with E-state index in [0.717, 1.165) is 12.0 Å². The van der Waals surface area contributed by atoms with Crippen LogP contribution in [0.15, 0.2) is 53.7 Å². The molecule has 21 heavy (non-hydrogen) atoms. The van der Waals surface area contributed by atoms with Crippen LogP contribution in [0.4, 0.5) is 14.5 Å². The summed E-state index contributed by atoms with van der Waals surface area (Å²) in [5.41, 5.74) is 1.80. The second-order valence-corrected chi connectivity index (χ2v) is 6.28. The number of alkyl halides is 2. The van der Waals surface area contributed by atoms with Gasteiger partial charge in [-0.05, 0) is 48.4 Å². The maximum Gasteiger partial charge on any atom is 0.341 e. The van der Waals surface area contributed by atoms with Gasteiger partial charge in [0.1, 0.15) is 0 Å². The minimum absolute atomic E-state index is 0.378. The summed E-state index contributed by atoms with van der Waals surface area (Å²) in [4.78, 5) is 3.54. The molecule has 4 nitrogen and oxygen atoms in total. The van der Waals surface area contributed by atoms with E-state index < -0.39 is 15.6 Å². The maximum absolute atomic E-state index is 12.4. The molecular formula is C14H14F2N2O2S. The lowest BCUT2D eigenvalue weighted by Crippen LogP contribution is -2.11. The summed E-state index contributed by atoms with van der Waals surface area (Å²) >= 11 is 0. The third-order valence-electron chi connectivity index (χ3n) is 2.91. The second-order valence-electron chi connectivity index (χ2n) is 4.36. The van der Waals surface area contributed by atoms with Crippen molar-refractivity contribution in [2.24, 2.45) is 0 Å². The number of halogens is 2. The predicted octanol–water partition coefficient (Wildman–Crippen LogP) is 2.73. The molecule has 0 saturated carbocycles. The molecule has 1 aromatic carbocycles. The van der Waals surface area contributed by atoms with Crippen molar-refractivity contribution < 1.29 is 17.2 Å². The van der Waals surface area contributed by atoms with Crippen LogP contribution in [0.25, 0.3) is 0 Å². The van der Waals surface area contributed by atoms with Crippen LogP contribution < -0.4 is 5.32 Å². The zero-order chi connectivity index (χ0) is 15.3. The molecule has 2 aromatic rings. The SMILES string of the molecule is O=S(=O)(c1ccc(NCCc2ccncc2)cc1)C(F)F. The highest BCUT2D eigenvalue weighted by Crippen LogP contribution is 2.20. The number of anilines is 1. The van der Waals surface area contributed by atoms with Crippen LogP contribution in [-0.2, 0) is 16.3 Å². The van der Waals surface area contributed by atoms with Gasteiger partial charge in [-0.15, -0.1) is 0 Å². The van der Waals surface area contributed by atoms with Gasteiger partial charge in [-0.2, -0.15) is 8.78 Å². The molecular weight excluding hydrogens is 298 g/mol. The molecule has 0 unspecified atom stereocenters. The van der Waals surface area contributed by atoms with Gasteiger partial charge in [0.25, 0.3) is 0 Å². The fourth-order valence-corrected chi connectivity index (χ4v) is 2.49. The van der Waals surface area contributed by atoms with Crippen LogP contribution in [0.3, 0.4) is 0 Å². The van der Waals surface area contributed by atoms with Gasteiger partial charge >= 0.3 is 5.76 Å². The zero-order valence-electron chi connectivity index (χ0n) is 11.0. The van der Waals surface area contributed by atoms with Crippen molar-refractivity contribution in [3.63, 3.8) is 0 Å². The minimum atomic E-state index is -4.53. The van der Waals surface area contributed by atoms with E-state index in [1.807, 2.05) is 12.1 Å². The van der Waals surface area contributed by atoms with Gasteiger partial charge in [0.15, 0.2) is 0 Å². The Balaban J connectivity index is 1.94. The molecule has 0 saturated heterocycles. The number of sulfone groups is 1. The molecule has 7 heteroatoms. The van der Waals surface area contributed by atoms with E-state index in [2.05, 4.69) is 10.3 Å². The Morgan fingerprint density at radius 3 is 2.24 bits per heavy atom. The Kier molecular flexibility index (Phi) is 4.85. The largest absolute Gasteiger partial charge is 0.385 e. The molecule has 1 N–H and O–H groups in total. The van der Waals surface area contributed by atoms with Crippen molar-refractivity contribution in [2.75, 3.05) is 11.9 Å². The summed E-state index contributed by atoms with van der Waals surface area (Å²) < 4.78 is 47.3. The highest BCUT2D eigenvalue weighted by molar-refractivity contribution is 7.91. The van der Waals surface area contributed by atoms with Gasteiger partial charge in [0.05, 0.1) is 4.90 Å². The number of nitrogens with one attached hydrogen (secondary N) is 1. The molecule has 0 aliphatic rings. The Hall–Kier alpha value is -2.02. The average Bonchev–Trinajstić information content (AvgIpc) is 2.49. The van der Waals surface area contributed by atoms with Gasteiger partial charge < -0.3 is 5.32 Å². The molecule has 2 rings (SSSR count). The van der Waals surface area contributed by atoms with E-state index in [-0.39, 0.29) is 4.90 Å². The van der Waals surface area contributed by atoms with Crippen LogP contribution in [0.2, 0.25) is 0 Å². The molecule has 1 aromatic heterocycles. The number of benzene rings is 1. The van der Waals surface area contributed by atoms with E-state index >= 15 is 0 Å². The van der Waals surface area contributed by atoms with E-state index in [9.17, 15) is 17.2 Å². The zero-order valence-corrected chi connectivity index (χ0v) is 11.9. The van der Waals surface area contributed by atoms with Crippen molar-refractivity contribution >= 4 is 15.5 Å². The Morgan fingerprint density at radius 1 is 1.05 bits per heavy atom. The minimum Gasteiger partial charge on any atom is -0.385 e. The molecule has 1 heterocycles. The summed E-state index contributed by atoms with van der Waals surface area (Å²) in [5.74, 6) is -3.40. The molecule has 0 bridgehead atoms. The van der Waals surface area contributed by atoms with Crippen LogP contribution in [-0.4, -0.2) is 25.7 Å². The van der Waals surface area contributed by atoms with E-state index in [1.54, 1.807) is 12.4 Å². The molecule has 0 radical (unpaired) electrons. The van der Waals surface area contributed by atoms with Crippen LogP contribution in [0, 0.1) is 0 Å². The number of pyridine rings is 1. The molecule has 0 amide bonds. The first-order valence-corrected chi connectivity index (χ1v) is 7.79. The Morgan fingerprint density at radius 2 is 1.67 bits per heavy atom. The van der Waals surface area contributed by atoms with Crippen LogP contribution >= 0.6 is 0 Å². The second kappa shape index (κ2) is 6.62. The molecule has 0 aliphatic carbocycles. The lowest BCUT2D eigenvalue weighted by Gasteiger charge is -2.08. The lowest BCUT2D eigenvalue weighted by atomic mass is 10.2. The quantitative estimate of drug-likeness (QED) is 0.891. The normalized spacial score (nSPS) is 11.6. The fraction of sp³-hybridized carbons (Fsp3) is 0.214. The molecule has 0 aliphatic heterocycles. The number of nitrogens with zero attached hydrogens (tertiary/aromatic N) is 1. The first kappa shape index (κ1) is 15.4. The van der Waals surface area contributed by atoms with E-state index in [1.165, 1.54) is 24.3 Å². The van der Waals surface area contributed by atoms with Crippen molar-refractivity contribution in [3.8, 4) is 0 Å². The lowest BCUT2D eigenvalue weighted by molar-refractivity contribution is 0.234. The van der Waals surface area contributed by atoms with Crippen molar-refractivity contribution in [3.05, 3.63) is 54.4 Å². The smallest absolute Gasteiger partial charge is 0.341 e. The fourth-order valence-electron chi connectivity index (χ4n) is 1.77. The van der Waals surface area contributed by atoms with E-state index in [4.69, 9.17) is 0 Å². The summed E-state index contributed by atoms with van der Waals surface area (Å²) in [7, 11) is -4.53. The number of aromatic nitrogens is 1. The van der Waals surface area contributed by atoms with Crippen LogP contribution in [0.1, 0.15) is 5.56 Å². The number of hydrogen-bond donors (Lipinski definition) is 1. The monoisotopic (exact) mass is 312 g/mol. The van der Waals surface area contributed by atoms with Gasteiger partial charge in [-0.25, -0.2) is 8.42 Å². The Bertz CT molecular complexity index is 674. The molecule has 0 fully saturated rings. The van der Waals surface area contributed by atoms with E-state index in [0.29, 0.717) is 12.2 Å².